The van der Waals surface area contributed by atoms with Crippen molar-refractivity contribution in [1.29, 1.82) is 0 Å². The Labute approximate surface area is 138 Å². The Kier molecular flexibility index (Phi) is 4.39. The van der Waals surface area contributed by atoms with E-state index in [0.717, 1.165) is 11.1 Å². The van der Waals surface area contributed by atoms with Gasteiger partial charge in [-0.15, -0.1) is 5.10 Å². The average Bonchev–Trinajstić information content (AvgIpc) is 2.99. The Morgan fingerprint density at radius 3 is 2.48 bits per heavy atom. The van der Waals surface area contributed by atoms with E-state index in [9.17, 15) is 4.79 Å². The highest BCUT2D eigenvalue weighted by atomic mass is 35.5. The molecule has 0 atom stereocenters. The molecular formula is C17H15ClN4O. The van der Waals surface area contributed by atoms with Crippen molar-refractivity contribution in [2.24, 2.45) is 0 Å². The van der Waals surface area contributed by atoms with Crippen LogP contribution in [0.4, 0.5) is 5.95 Å². The molecule has 1 N–H and O–H groups in total. The van der Waals surface area contributed by atoms with Gasteiger partial charge in [0, 0.05) is 24.1 Å². The fourth-order valence-electron chi connectivity index (χ4n) is 2.14. The largest absolute Gasteiger partial charge is 0.350 e. The first-order chi connectivity index (χ1) is 11.1. The number of carbonyl (C=O) groups is 1. The van der Waals surface area contributed by atoms with Crippen molar-refractivity contribution in [3.05, 3.63) is 65.2 Å². The van der Waals surface area contributed by atoms with Gasteiger partial charge in [0.1, 0.15) is 0 Å². The van der Waals surface area contributed by atoms with Gasteiger partial charge < -0.3 is 5.32 Å². The molecule has 0 aliphatic carbocycles. The number of nitrogens with zero attached hydrogens (tertiary/aromatic N) is 3. The smallest absolute Gasteiger partial charge is 0.246 e. The minimum absolute atomic E-state index is 0.201. The van der Waals surface area contributed by atoms with Crippen LogP contribution in [0.1, 0.15) is 17.3 Å². The molecule has 0 saturated carbocycles. The second-order valence-electron chi connectivity index (χ2n) is 5.04. The topological polar surface area (TPSA) is 59.8 Å². The van der Waals surface area contributed by atoms with Gasteiger partial charge in [-0.2, -0.15) is 9.67 Å². The standard InChI is InChI=1S/C17H15ClN4O/c1-12(23)22-17(19-11-13-5-3-2-4-6-13)20-16(21-22)14-7-9-15(18)10-8-14/h2-10H,11H2,1H3,(H,19,20,21). The van der Waals surface area contributed by atoms with E-state index in [-0.39, 0.29) is 5.91 Å². The third-order valence-corrected chi connectivity index (χ3v) is 3.55. The number of rotatable bonds is 4. The monoisotopic (exact) mass is 326 g/mol. The second kappa shape index (κ2) is 6.62. The molecule has 0 aliphatic rings. The molecule has 6 heteroatoms. The van der Waals surface area contributed by atoms with Crippen LogP contribution >= 0.6 is 11.6 Å². The van der Waals surface area contributed by atoms with Crippen molar-refractivity contribution >= 4 is 23.5 Å². The zero-order chi connectivity index (χ0) is 16.2. The molecule has 23 heavy (non-hydrogen) atoms. The minimum Gasteiger partial charge on any atom is -0.350 e. The number of hydrogen-bond donors (Lipinski definition) is 1. The summed E-state index contributed by atoms with van der Waals surface area (Å²) >= 11 is 5.89. The summed E-state index contributed by atoms with van der Waals surface area (Å²) in [4.78, 5) is 16.2. The summed E-state index contributed by atoms with van der Waals surface area (Å²) in [5, 5.41) is 8.07. The highest BCUT2D eigenvalue weighted by Gasteiger charge is 2.14. The fraction of sp³-hybridized carbons (Fsp3) is 0.118. The Morgan fingerprint density at radius 1 is 1.13 bits per heavy atom. The molecule has 0 spiro atoms. The van der Waals surface area contributed by atoms with Crippen molar-refractivity contribution in [3.63, 3.8) is 0 Å². The zero-order valence-corrected chi connectivity index (χ0v) is 13.3. The number of benzene rings is 2. The molecule has 0 saturated heterocycles. The molecule has 3 aromatic rings. The van der Waals surface area contributed by atoms with Gasteiger partial charge in [0.25, 0.3) is 0 Å². The predicted octanol–water partition coefficient (Wildman–Crippen LogP) is 3.87. The molecular weight excluding hydrogens is 312 g/mol. The Balaban J connectivity index is 1.87. The number of halogens is 1. The molecule has 0 aliphatic heterocycles. The van der Waals surface area contributed by atoms with E-state index in [4.69, 9.17) is 11.6 Å². The number of aromatic nitrogens is 3. The Morgan fingerprint density at radius 2 is 1.83 bits per heavy atom. The first kappa shape index (κ1) is 15.2. The maximum atomic E-state index is 11.8. The molecule has 3 rings (SSSR count). The van der Waals surface area contributed by atoms with E-state index >= 15 is 0 Å². The third-order valence-electron chi connectivity index (χ3n) is 3.30. The lowest BCUT2D eigenvalue weighted by molar-refractivity contribution is 0.0924. The zero-order valence-electron chi connectivity index (χ0n) is 12.5. The highest BCUT2D eigenvalue weighted by molar-refractivity contribution is 6.30. The summed E-state index contributed by atoms with van der Waals surface area (Å²) in [7, 11) is 0. The normalized spacial score (nSPS) is 10.5. The molecule has 0 amide bonds. The van der Waals surface area contributed by atoms with Gasteiger partial charge in [0.2, 0.25) is 11.9 Å². The summed E-state index contributed by atoms with van der Waals surface area (Å²) in [5.74, 6) is 0.701. The van der Waals surface area contributed by atoms with E-state index in [1.54, 1.807) is 12.1 Å². The van der Waals surface area contributed by atoms with Crippen molar-refractivity contribution in [1.82, 2.24) is 14.8 Å². The predicted molar refractivity (Wildman–Crippen MR) is 90.5 cm³/mol. The summed E-state index contributed by atoms with van der Waals surface area (Å²) in [6, 6.07) is 17.1. The molecule has 0 bridgehead atoms. The summed E-state index contributed by atoms with van der Waals surface area (Å²) in [6.07, 6.45) is 0. The van der Waals surface area contributed by atoms with Gasteiger partial charge >= 0.3 is 0 Å². The summed E-state index contributed by atoms with van der Waals surface area (Å²) in [5.41, 5.74) is 1.90. The molecule has 1 aromatic heterocycles. The third kappa shape index (κ3) is 3.57. The quantitative estimate of drug-likeness (QED) is 0.790. The average molecular weight is 327 g/mol. The van der Waals surface area contributed by atoms with E-state index < -0.39 is 0 Å². The van der Waals surface area contributed by atoms with E-state index in [2.05, 4.69) is 15.4 Å². The SMILES string of the molecule is CC(=O)n1nc(-c2ccc(Cl)cc2)nc1NCc1ccccc1. The van der Waals surface area contributed by atoms with Gasteiger partial charge in [-0.25, -0.2) is 0 Å². The van der Waals surface area contributed by atoms with Crippen LogP contribution in [0.15, 0.2) is 54.6 Å². The van der Waals surface area contributed by atoms with Crippen LogP contribution in [-0.2, 0) is 6.54 Å². The number of nitrogens with one attached hydrogen (secondary N) is 1. The molecule has 0 fully saturated rings. The van der Waals surface area contributed by atoms with E-state index in [1.807, 2.05) is 42.5 Å². The summed E-state index contributed by atoms with van der Waals surface area (Å²) in [6.45, 7) is 2.01. The van der Waals surface area contributed by atoms with Crippen LogP contribution in [0.3, 0.4) is 0 Å². The summed E-state index contributed by atoms with van der Waals surface area (Å²) < 4.78 is 1.27. The lowest BCUT2D eigenvalue weighted by Gasteiger charge is -2.05. The number of carbonyl (C=O) groups excluding carboxylic acids is 1. The lowest BCUT2D eigenvalue weighted by atomic mass is 10.2. The van der Waals surface area contributed by atoms with Crippen LogP contribution in [-0.4, -0.2) is 20.7 Å². The van der Waals surface area contributed by atoms with Crippen molar-refractivity contribution in [2.75, 3.05) is 5.32 Å². The van der Waals surface area contributed by atoms with Crippen molar-refractivity contribution in [2.45, 2.75) is 13.5 Å². The molecule has 2 aromatic carbocycles. The van der Waals surface area contributed by atoms with Crippen LogP contribution < -0.4 is 5.32 Å². The number of anilines is 1. The molecule has 5 nitrogen and oxygen atoms in total. The van der Waals surface area contributed by atoms with Crippen LogP contribution in [0.25, 0.3) is 11.4 Å². The number of hydrogen-bond acceptors (Lipinski definition) is 4. The first-order valence-corrected chi connectivity index (χ1v) is 7.53. The molecule has 1 heterocycles. The maximum Gasteiger partial charge on any atom is 0.246 e. The second-order valence-corrected chi connectivity index (χ2v) is 5.47. The molecule has 0 unspecified atom stereocenters. The maximum absolute atomic E-state index is 11.8. The van der Waals surface area contributed by atoms with Crippen molar-refractivity contribution in [3.8, 4) is 11.4 Å². The van der Waals surface area contributed by atoms with Crippen molar-refractivity contribution < 1.29 is 4.79 Å². The van der Waals surface area contributed by atoms with Gasteiger partial charge in [-0.3, -0.25) is 4.79 Å². The highest BCUT2D eigenvalue weighted by Crippen LogP contribution is 2.20. The Hall–Kier alpha value is -2.66. The van der Waals surface area contributed by atoms with E-state index in [1.165, 1.54) is 11.6 Å². The van der Waals surface area contributed by atoms with Gasteiger partial charge in [0.15, 0.2) is 5.82 Å². The first-order valence-electron chi connectivity index (χ1n) is 7.15. The van der Waals surface area contributed by atoms with Gasteiger partial charge in [0.05, 0.1) is 0 Å². The van der Waals surface area contributed by atoms with E-state index in [0.29, 0.717) is 23.3 Å². The fourth-order valence-corrected chi connectivity index (χ4v) is 2.27. The lowest BCUT2D eigenvalue weighted by Crippen LogP contribution is -2.13. The minimum atomic E-state index is -0.201. The van der Waals surface area contributed by atoms with Crippen LogP contribution in [0.2, 0.25) is 5.02 Å². The van der Waals surface area contributed by atoms with Gasteiger partial charge in [-0.05, 0) is 29.8 Å². The molecule has 116 valence electrons. The molecule has 0 radical (unpaired) electrons. The Bertz CT molecular complexity index is 812. The van der Waals surface area contributed by atoms with Gasteiger partial charge in [-0.1, -0.05) is 41.9 Å². The van der Waals surface area contributed by atoms with Crippen LogP contribution in [0.5, 0.6) is 0 Å². The van der Waals surface area contributed by atoms with Crippen LogP contribution in [0, 0.1) is 0 Å².